The van der Waals surface area contributed by atoms with Crippen molar-refractivity contribution in [3.8, 4) is 0 Å². The van der Waals surface area contributed by atoms with Crippen LogP contribution in [0, 0.1) is 3.57 Å². The van der Waals surface area contributed by atoms with Gasteiger partial charge in [-0.2, -0.15) is 11.3 Å². The van der Waals surface area contributed by atoms with Crippen molar-refractivity contribution in [1.29, 1.82) is 0 Å². The van der Waals surface area contributed by atoms with Crippen LogP contribution in [0.15, 0.2) is 39.5 Å². The first kappa shape index (κ1) is 12.3. The van der Waals surface area contributed by atoms with Crippen molar-refractivity contribution in [3.05, 3.63) is 54.2 Å². The fraction of sp³-hybridized carbons (Fsp3) is 0.0833. The second kappa shape index (κ2) is 5.42. The van der Waals surface area contributed by atoms with Crippen LogP contribution >= 0.6 is 49.9 Å². The van der Waals surface area contributed by atoms with E-state index in [0.717, 1.165) is 19.2 Å². The molecule has 0 unspecified atom stereocenters. The highest BCUT2D eigenvalue weighted by Gasteiger charge is 2.11. The molecule has 1 aromatic carbocycles. The average Bonchev–Trinajstić information content (AvgIpc) is 2.74. The Morgan fingerprint density at radius 1 is 1.38 bits per heavy atom. The molecule has 0 amide bonds. The maximum Gasteiger partial charge on any atom is 0.168 e. The fourth-order valence-corrected chi connectivity index (χ4v) is 3.05. The Morgan fingerprint density at radius 3 is 2.88 bits per heavy atom. The van der Waals surface area contributed by atoms with Gasteiger partial charge in [0.15, 0.2) is 5.78 Å². The molecule has 0 bridgehead atoms. The first-order chi connectivity index (χ1) is 7.66. The Bertz CT molecular complexity index is 508. The number of rotatable bonds is 3. The predicted octanol–water partition coefficient (Wildman–Crippen LogP) is 4.54. The summed E-state index contributed by atoms with van der Waals surface area (Å²) < 4.78 is 1.95. The summed E-state index contributed by atoms with van der Waals surface area (Å²) in [5.74, 6) is 0.170. The lowest BCUT2D eigenvalue weighted by Crippen LogP contribution is -2.05. The Kier molecular flexibility index (Phi) is 4.16. The highest BCUT2D eigenvalue weighted by atomic mass is 127. The molecule has 4 heteroatoms. The molecule has 1 nitrogen and oxygen atoms in total. The van der Waals surface area contributed by atoms with Crippen molar-refractivity contribution in [3.63, 3.8) is 0 Å². The summed E-state index contributed by atoms with van der Waals surface area (Å²) in [5.41, 5.74) is 1.88. The summed E-state index contributed by atoms with van der Waals surface area (Å²) in [7, 11) is 0. The van der Waals surface area contributed by atoms with Crippen molar-refractivity contribution < 1.29 is 4.79 Å². The van der Waals surface area contributed by atoms with Crippen LogP contribution in [0.4, 0.5) is 0 Å². The molecule has 1 heterocycles. The molecule has 0 saturated heterocycles. The smallest absolute Gasteiger partial charge is 0.168 e. The number of ketones is 1. The van der Waals surface area contributed by atoms with E-state index in [1.54, 1.807) is 11.3 Å². The molecule has 0 aliphatic rings. The van der Waals surface area contributed by atoms with Crippen LogP contribution in [0.5, 0.6) is 0 Å². The molecule has 82 valence electrons. The quantitative estimate of drug-likeness (QED) is 0.540. The van der Waals surface area contributed by atoms with Gasteiger partial charge in [-0.1, -0.05) is 15.9 Å². The van der Waals surface area contributed by atoms with Gasteiger partial charge in [-0.3, -0.25) is 4.79 Å². The third-order valence-corrected chi connectivity index (χ3v) is 4.34. The second-order valence-corrected chi connectivity index (χ2v) is 6.21. The summed E-state index contributed by atoms with van der Waals surface area (Å²) >= 11 is 7.20. The second-order valence-electron chi connectivity index (χ2n) is 3.36. The van der Waals surface area contributed by atoms with E-state index in [4.69, 9.17) is 0 Å². The molecule has 2 rings (SSSR count). The van der Waals surface area contributed by atoms with Crippen LogP contribution in [-0.2, 0) is 6.42 Å². The van der Waals surface area contributed by atoms with E-state index in [1.807, 2.05) is 35.0 Å². The molecule has 0 saturated carbocycles. The van der Waals surface area contributed by atoms with Crippen LogP contribution in [0.3, 0.4) is 0 Å². The maximum atomic E-state index is 12.1. The molecule has 2 aromatic rings. The molecular weight excluding hydrogens is 399 g/mol. The van der Waals surface area contributed by atoms with E-state index < -0.39 is 0 Å². The van der Waals surface area contributed by atoms with Crippen LogP contribution in [-0.4, -0.2) is 5.78 Å². The zero-order chi connectivity index (χ0) is 11.5. The highest BCUT2D eigenvalue weighted by molar-refractivity contribution is 14.1. The van der Waals surface area contributed by atoms with E-state index in [0.29, 0.717) is 6.42 Å². The van der Waals surface area contributed by atoms with Crippen LogP contribution in [0.25, 0.3) is 0 Å². The average molecular weight is 407 g/mol. The summed E-state index contributed by atoms with van der Waals surface area (Å²) in [6.07, 6.45) is 0.482. The lowest BCUT2D eigenvalue weighted by molar-refractivity contribution is 0.0992. The molecule has 16 heavy (non-hydrogen) atoms. The minimum Gasteiger partial charge on any atom is -0.294 e. The van der Waals surface area contributed by atoms with Crippen molar-refractivity contribution >= 4 is 55.6 Å². The molecule has 1 aromatic heterocycles. The summed E-state index contributed by atoms with van der Waals surface area (Å²) in [4.78, 5) is 12.1. The lowest BCUT2D eigenvalue weighted by atomic mass is 10.1. The number of halogens is 2. The Morgan fingerprint density at radius 2 is 2.19 bits per heavy atom. The summed E-state index contributed by atoms with van der Waals surface area (Å²) in [5, 5.41) is 4.01. The van der Waals surface area contributed by atoms with E-state index >= 15 is 0 Å². The molecule has 0 aliphatic carbocycles. The summed E-state index contributed by atoms with van der Waals surface area (Å²) in [6.45, 7) is 0. The third kappa shape index (κ3) is 2.93. The minimum atomic E-state index is 0.170. The SMILES string of the molecule is O=C(Cc1ccsc1)c1cc(Br)ccc1I. The van der Waals surface area contributed by atoms with Gasteiger partial charge in [0.1, 0.15) is 0 Å². The Labute approximate surface area is 120 Å². The summed E-state index contributed by atoms with van der Waals surface area (Å²) in [6, 6.07) is 7.78. The Hall–Kier alpha value is -0.200. The number of thiophene rings is 1. The zero-order valence-corrected chi connectivity index (χ0v) is 12.8. The van der Waals surface area contributed by atoms with Gasteiger partial charge in [0.2, 0.25) is 0 Å². The van der Waals surface area contributed by atoms with Gasteiger partial charge in [0.25, 0.3) is 0 Å². The van der Waals surface area contributed by atoms with Crippen molar-refractivity contribution in [2.75, 3.05) is 0 Å². The molecule has 0 atom stereocenters. The van der Waals surface area contributed by atoms with Gasteiger partial charge in [-0.05, 0) is 63.2 Å². The lowest BCUT2D eigenvalue weighted by Gasteiger charge is -2.03. The minimum absolute atomic E-state index is 0.170. The number of hydrogen-bond acceptors (Lipinski definition) is 2. The monoisotopic (exact) mass is 406 g/mol. The normalized spacial score (nSPS) is 10.4. The predicted molar refractivity (Wildman–Crippen MR) is 79.2 cm³/mol. The van der Waals surface area contributed by atoms with Crippen molar-refractivity contribution in [2.45, 2.75) is 6.42 Å². The van der Waals surface area contributed by atoms with Gasteiger partial charge in [0, 0.05) is 20.0 Å². The van der Waals surface area contributed by atoms with E-state index in [1.165, 1.54) is 0 Å². The van der Waals surface area contributed by atoms with Crippen LogP contribution in [0.1, 0.15) is 15.9 Å². The van der Waals surface area contributed by atoms with Crippen LogP contribution < -0.4 is 0 Å². The number of carbonyl (C=O) groups is 1. The van der Waals surface area contributed by atoms with Crippen LogP contribution in [0.2, 0.25) is 0 Å². The van der Waals surface area contributed by atoms with E-state index in [-0.39, 0.29) is 5.78 Å². The van der Waals surface area contributed by atoms with Gasteiger partial charge in [-0.15, -0.1) is 0 Å². The molecule has 0 fully saturated rings. The van der Waals surface area contributed by atoms with E-state index in [2.05, 4.69) is 38.5 Å². The Balaban J connectivity index is 2.24. The van der Waals surface area contributed by atoms with Crippen molar-refractivity contribution in [1.82, 2.24) is 0 Å². The van der Waals surface area contributed by atoms with Gasteiger partial charge in [-0.25, -0.2) is 0 Å². The zero-order valence-electron chi connectivity index (χ0n) is 8.24. The standard InChI is InChI=1S/C12H8BrIOS/c13-9-1-2-11(14)10(6-9)12(15)5-8-3-4-16-7-8/h1-4,6-7H,5H2. The van der Waals surface area contributed by atoms with Gasteiger partial charge >= 0.3 is 0 Å². The van der Waals surface area contributed by atoms with E-state index in [9.17, 15) is 4.79 Å². The molecule has 0 aliphatic heterocycles. The molecule has 0 radical (unpaired) electrons. The third-order valence-electron chi connectivity index (χ3n) is 2.17. The van der Waals surface area contributed by atoms with Gasteiger partial charge in [0.05, 0.1) is 0 Å². The first-order valence-corrected chi connectivity index (χ1v) is 7.47. The molecular formula is C12H8BrIOS. The maximum absolute atomic E-state index is 12.1. The molecule has 0 spiro atoms. The number of carbonyl (C=O) groups excluding carboxylic acids is 1. The number of hydrogen-bond donors (Lipinski definition) is 0. The first-order valence-electron chi connectivity index (χ1n) is 4.66. The van der Waals surface area contributed by atoms with Crippen molar-refractivity contribution in [2.24, 2.45) is 0 Å². The number of Topliss-reactive ketones (excluding diaryl/α,β-unsaturated/α-hetero) is 1. The topological polar surface area (TPSA) is 17.1 Å². The van der Waals surface area contributed by atoms with Gasteiger partial charge < -0.3 is 0 Å². The number of benzene rings is 1. The highest BCUT2D eigenvalue weighted by Crippen LogP contribution is 2.20. The largest absolute Gasteiger partial charge is 0.294 e. The molecule has 0 N–H and O–H groups in total. The fourth-order valence-electron chi connectivity index (χ4n) is 1.39.